The van der Waals surface area contributed by atoms with Gasteiger partial charge in [-0.2, -0.15) is 13.2 Å². The predicted molar refractivity (Wildman–Crippen MR) is 63.3 cm³/mol. The van der Waals surface area contributed by atoms with Gasteiger partial charge in [0, 0.05) is 11.9 Å². The van der Waals surface area contributed by atoms with Crippen molar-refractivity contribution >= 4 is 17.2 Å². The van der Waals surface area contributed by atoms with Crippen LogP contribution in [0.25, 0.3) is 0 Å². The number of anilines is 3. The summed E-state index contributed by atoms with van der Waals surface area (Å²) in [6, 6.07) is 5.98. The highest BCUT2D eigenvalue weighted by molar-refractivity contribution is 5.70. The van der Waals surface area contributed by atoms with E-state index in [1.807, 2.05) is 0 Å². The van der Waals surface area contributed by atoms with Crippen LogP contribution in [-0.4, -0.2) is 4.98 Å². The van der Waals surface area contributed by atoms with Crippen molar-refractivity contribution in [3.8, 4) is 0 Å². The average Bonchev–Trinajstić information content (AvgIpc) is 2.33. The SMILES string of the molecule is Nc1ncc(C(F)(F)F)cc1Nc1ccc(F)cc1. The number of benzene rings is 1. The fourth-order valence-corrected chi connectivity index (χ4v) is 1.42. The van der Waals surface area contributed by atoms with Gasteiger partial charge in [0.1, 0.15) is 11.6 Å². The van der Waals surface area contributed by atoms with E-state index in [0.717, 1.165) is 6.07 Å². The highest BCUT2D eigenvalue weighted by Gasteiger charge is 2.31. The largest absolute Gasteiger partial charge is 0.417 e. The third-order valence-electron chi connectivity index (χ3n) is 2.37. The van der Waals surface area contributed by atoms with Crippen molar-refractivity contribution in [2.75, 3.05) is 11.1 Å². The molecular formula is C12H9F4N3. The molecule has 2 aromatic rings. The minimum Gasteiger partial charge on any atom is -0.382 e. The van der Waals surface area contributed by atoms with Gasteiger partial charge in [-0.05, 0) is 30.3 Å². The maximum Gasteiger partial charge on any atom is 0.417 e. The van der Waals surface area contributed by atoms with Crippen LogP contribution in [0.3, 0.4) is 0 Å². The van der Waals surface area contributed by atoms with Gasteiger partial charge in [-0.3, -0.25) is 0 Å². The first-order chi connectivity index (χ1) is 8.86. The normalized spacial score (nSPS) is 11.4. The molecule has 0 aliphatic heterocycles. The molecule has 0 bridgehead atoms. The first-order valence-electron chi connectivity index (χ1n) is 5.21. The van der Waals surface area contributed by atoms with Crippen molar-refractivity contribution in [3.05, 3.63) is 47.9 Å². The van der Waals surface area contributed by atoms with Gasteiger partial charge >= 0.3 is 6.18 Å². The van der Waals surface area contributed by atoms with Gasteiger partial charge in [-0.1, -0.05) is 0 Å². The van der Waals surface area contributed by atoms with E-state index < -0.39 is 17.6 Å². The topological polar surface area (TPSA) is 50.9 Å². The van der Waals surface area contributed by atoms with Crippen LogP contribution in [0.15, 0.2) is 36.5 Å². The summed E-state index contributed by atoms with van der Waals surface area (Å²) in [6.45, 7) is 0. The number of hydrogen-bond acceptors (Lipinski definition) is 3. The first kappa shape index (κ1) is 13.1. The summed E-state index contributed by atoms with van der Waals surface area (Å²) >= 11 is 0. The Bertz CT molecular complexity index is 579. The molecule has 0 spiro atoms. The number of rotatable bonds is 2. The van der Waals surface area contributed by atoms with Crippen LogP contribution >= 0.6 is 0 Å². The zero-order valence-electron chi connectivity index (χ0n) is 9.50. The van der Waals surface area contributed by atoms with Gasteiger partial charge < -0.3 is 11.1 Å². The molecule has 0 saturated heterocycles. The Morgan fingerprint density at radius 3 is 2.32 bits per heavy atom. The maximum absolute atomic E-state index is 12.7. The molecule has 1 heterocycles. The van der Waals surface area contributed by atoms with Gasteiger partial charge in [-0.15, -0.1) is 0 Å². The quantitative estimate of drug-likeness (QED) is 0.821. The highest BCUT2D eigenvalue weighted by atomic mass is 19.4. The number of alkyl halides is 3. The van der Waals surface area contributed by atoms with Crippen molar-refractivity contribution < 1.29 is 17.6 Å². The summed E-state index contributed by atoms with van der Waals surface area (Å²) in [6.07, 6.45) is -3.84. The third-order valence-corrected chi connectivity index (χ3v) is 2.37. The third kappa shape index (κ3) is 3.12. The fraction of sp³-hybridized carbons (Fsp3) is 0.0833. The lowest BCUT2D eigenvalue weighted by atomic mass is 10.2. The van der Waals surface area contributed by atoms with E-state index in [-0.39, 0.29) is 11.5 Å². The molecule has 0 radical (unpaired) electrons. The molecule has 0 aliphatic carbocycles. The minimum atomic E-state index is -4.50. The van der Waals surface area contributed by atoms with Crippen molar-refractivity contribution in [3.63, 3.8) is 0 Å². The second-order valence-corrected chi connectivity index (χ2v) is 3.79. The second-order valence-electron chi connectivity index (χ2n) is 3.79. The number of nitrogens with one attached hydrogen (secondary N) is 1. The van der Waals surface area contributed by atoms with Gasteiger partial charge in [-0.25, -0.2) is 9.37 Å². The van der Waals surface area contributed by atoms with Crippen molar-refractivity contribution in [1.82, 2.24) is 4.98 Å². The standard InChI is InChI=1S/C12H9F4N3/c13-8-1-3-9(4-2-8)19-10-5-7(12(14,15)16)6-18-11(10)17/h1-6,19H,(H2,17,18). The molecule has 0 fully saturated rings. The molecule has 3 nitrogen and oxygen atoms in total. The van der Waals surface area contributed by atoms with Gasteiger partial charge in [0.15, 0.2) is 0 Å². The zero-order chi connectivity index (χ0) is 14.0. The average molecular weight is 271 g/mol. The van der Waals surface area contributed by atoms with Crippen molar-refractivity contribution in [2.45, 2.75) is 6.18 Å². The molecule has 7 heteroatoms. The van der Waals surface area contributed by atoms with Crippen LogP contribution in [0, 0.1) is 5.82 Å². The van der Waals surface area contributed by atoms with Crippen LogP contribution in [0.4, 0.5) is 34.8 Å². The molecule has 0 atom stereocenters. The van der Waals surface area contributed by atoms with E-state index in [9.17, 15) is 17.6 Å². The Balaban J connectivity index is 2.31. The summed E-state index contributed by atoms with van der Waals surface area (Å²) < 4.78 is 50.3. The van der Waals surface area contributed by atoms with Crippen LogP contribution in [-0.2, 0) is 6.18 Å². The molecular weight excluding hydrogens is 262 g/mol. The molecule has 2 rings (SSSR count). The summed E-state index contributed by atoms with van der Waals surface area (Å²) in [5.74, 6) is -0.516. The minimum absolute atomic E-state index is 0.0152. The summed E-state index contributed by atoms with van der Waals surface area (Å²) in [5.41, 5.74) is 5.01. The number of nitrogen functional groups attached to an aromatic ring is 1. The Morgan fingerprint density at radius 2 is 1.74 bits per heavy atom. The van der Waals surface area contributed by atoms with Crippen LogP contribution < -0.4 is 11.1 Å². The van der Waals surface area contributed by atoms with Gasteiger partial charge in [0.05, 0.1) is 11.3 Å². The zero-order valence-corrected chi connectivity index (χ0v) is 9.50. The number of nitrogens with zero attached hydrogens (tertiary/aromatic N) is 1. The number of aromatic nitrogens is 1. The molecule has 100 valence electrons. The molecule has 0 saturated carbocycles. The Kier molecular flexibility index (Phi) is 3.28. The number of pyridine rings is 1. The van der Waals surface area contributed by atoms with Crippen molar-refractivity contribution in [2.24, 2.45) is 0 Å². The number of hydrogen-bond donors (Lipinski definition) is 2. The Hall–Kier alpha value is -2.31. The molecule has 1 aromatic carbocycles. The lowest BCUT2D eigenvalue weighted by molar-refractivity contribution is -0.137. The first-order valence-corrected chi connectivity index (χ1v) is 5.21. The summed E-state index contributed by atoms with van der Waals surface area (Å²) in [7, 11) is 0. The molecule has 0 aliphatic rings. The summed E-state index contributed by atoms with van der Waals surface area (Å²) in [5, 5.41) is 2.66. The summed E-state index contributed by atoms with van der Waals surface area (Å²) in [4.78, 5) is 3.48. The molecule has 3 N–H and O–H groups in total. The van der Waals surface area contributed by atoms with E-state index >= 15 is 0 Å². The molecule has 0 unspecified atom stereocenters. The van der Waals surface area contributed by atoms with E-state index in [1.54, 1.807) is 0 Å². The maximum atomic E-state index is 12.7. The van der Waals surface area contributed by atoms with Crippen LogP contribution in [0.2, 0.25) is 0 Å². The lowest BCUT2D eigenvalue weighted by Crippen LogP contribution is -2.08. The smallest absolute Gasteiger partial charge is 0.382 e. The number of halogens is 4. The second kappa shape index (κ2) is 4.75. The number of nitrogens with two attached hydrogens (primary N) is 1. The lowest BCUT2D eigenvalue weighted by Gasteiger charge is -2.12. The van der Waals surface area contributed by atoms with Gasteiger partial charge in [0.2, 0.25) is 0 Å². The highest BCUT2D eigenvalue weighted by Crippen LogP contribution is 2.32. The van der Waals surface area contributed by atoms with E-state index in [1.165, 1.54) is 24.3 Å². The fourth-order valence-electron chi connectivity index (χ4n) is 1.42. The van der Waals surface area contributed by atoms with E-state index in [4.69, 9.17) is 5.73 Å². The van der Waals surface area contributed by atoms with Crippen molar-refractivity contribution in [1.29, 1.82) is 0 Å². The molecule has 0 amide bonds. The monoisotopic (exact) mass is 271 g/mol. The molecule has 19 heavy (non-hydrogen) atoms. The van der Waals surface area contributed by atoms with Crippen LogP contribution in [0.1, 0.15) is 5.56 Å². The van der Waals surface area contributed by atoms with E-state index in [0.29, 0.717) is 11.9 Å². The van der Waals surface area contributed by atoms with E-state index in [2.05, 4.69) is 10.3 Å². The predicted octanol–water partition coefficient (Wildman–Crippen LogP) is 3.57. The Labute approximate surface area is 106 Å². The molecule has 1 aromatic heterocycles. The van der Waals surface area contributed by atoms with Crippen LogP contribution in [0.5, 0.6) is 0 Å². The Morgan fingerprint density at radius 1 is 1.11 bits per heavy atom. The van der Waals surface area contributed by atoms with Gasteiger partial charge in [0.25, 0.3) is 0 Å².